The standard InChI is InChI=1S/C20H23N3O3/c1-12(22-14-6-4-13(11-21)5-7-14)8-16-15-9-18(25-2)19(26-3)10-17(15)23-20(16)24/h4-10,12,22H,11,21H2,1-3H3,(H,23,24). The largest absolute Gasteiger partial charge is 0.493 e. The first-order valence-electron chi connectivity index (χ1n) is 8.40. The second-order valence-corrected chi connectivity index (χ2v) is 6.12. The van der Waals surface area contributed by atoms with Crippen molar-refractivity contribution in [3.8, 4) is 11.5 Å². The summed E-state index contributed by atoms with van der Waals surface area (Å²) >= 11 is 0. The Kier molecular flexibility index (Phi) is 5.14. The van der Waals surface area contributed by atoms with Gasteiger partial charge < -0.3 is 25.8 Å². The molecule has 1 aliphatic rings. The molecule has 0 aromatic heterocycles. The summed E-state index contributed by atoms with van der Waals surface area (Å²) in [5.74, 6) is 1.04. The lowest BCUT2D eigenvalue weighted by molar-refractivity contribution is -0.110. The smallest absolute Gasteiger partial charge is 0.256 e. The number of carbonyl (C=O) groups is 1. The van der Waals surface area contributed by atoms with Crippen molar-refractivity contribution in [3.63, 3.8) is 0 Å². The van der Waals surface area contributed by atoms with Crippen LogP contribution in [0.5, 0.6) is 11.5 Å². The van der Waals surface area contributed by atoms with Gasteiger partial charge in [0.1, 0.15) is 0 Å². The Bertz CT molecular complexity index is 844. The van der Waals surface area contributed by atoms with Gasteiger partial charge in [-0.2, -0.15) is 0 Å². The highest BCUT2D eigenvalue weighted by Gasteiger charge is 2.27. The summed E-state index contributed by atoms with van der Waals surface area (Å²) < 4.78 is 10.6. The van der Waals surface area contributed by atoms with Crippen LogP contribution < -0.4 is 25.8 Å². The van der Waals surface area contributed by atoms with Crippen LogP contribution in [0.15, 0.2) is 42.5 Å². The van der Waals surface area contributed by atoms with Gasteiger partial charge in [0, 0.05) is 35.5 Å². The third kappa shape index (κ3) is 3.50. The fourth-order valence-corrected chi connectivity index (χ4v) is 2.97. The Morgan fingerprint density at radius 1 is 1.15 bits per heavy atom. The van der Waals surface area contributed by atoms with E-state index in [-0.39, 0.29) is 11.9 Å². The molecule has 26 heavy (non-hydrogen) atoms. The lowest BCUT2D eigenvalue weighted by atomic mass is 10.0. The fraction of sp³-hybridized carbons (Fsp3) is 0.250. The summed E-state index contributed by atoms with van der Waals surface area (Å²) in [5.41, 5.74) is 9.80. The molecule has 1 unspecified atom stereocenters. The van der Waals surface area contributed by atoms with Crippen LogP contribution in [0.2, 0.25) is 0 Å². The SMILES string of the molecule is COc1cc2c(cc1OC)C(=CC(C)Nc1ccc(CN)cc1)C(=O)N2. The zero-order valence-electron chi connectivity index (χ0n) is 15.1. The third-order valence-electron chi connectivity index (χ3n) is 4.31. The van der Waals surface area contributed by atoms with Crippen molar-refractivity contribution >= 4 is 22.9 Å². The second-order valence-electron chi connectivity index (χ2n) is 6.12. The molecule has 1 atom stereocenters. The van der Waals surface area contributed by atoms with Crippen molar-refractivity contribution in [2.75, 3.05) is 24.9 Å². The molecule has 136 valence electrons. The molecule has 6 nitrogen and oxygen atoms in total. The number of hydrogen-bond donors (Lipinski definition) is 3. The number of rotatable bonds is 6. The number of benzene rings is 2. The minimum atomic E-state index is -0.137. The molecule has 0 spiro atoms. The second kappa shape index (κ2) is 7.49. The van der Waals surface area contributed by atoms with Gasteiger partial charge in [0.15, 0.2) is 11.5 Å². The Labute approximate surface area is 153 Å². The first-order valence-corrected chi connectivity index (χ1v) is 8.40. The van der Waals surface area contributed by atoms with Crippen LogP contribution in [-0.2, 0) is 11.3 Å². The van der Waals surface area contributed by atoms with Gasteiger partial charge in [-0.25, -0.2) is 0 Å². The number of ether oxygens (including phenoxy) is 2. The fourth-order valence-electron chi connectivity index (χ4n) is 2.97. The average molecular weight is 353 g/mol. The van der Waals surface area contributed by atoms with Gasteiger partial charge >= 0.3 is 0 Å². The minimum Gasteiger partial charge on any atom is -0.493 e. The summed E-state index contributed by atoms with van der Waals surface area (Å²) in [6.45, 7) is 2.51. The Morgan fingerprint density at radius 3 is 2.42 bits per heavy atom. The number of carbonyl (C=O) groups excluding carboxylic acids is 1. The lowest BCUT2D eigenvalue weighted by Gasteiger charge is -2.13. The van der Waals surface area contributed by atoms with E-state index in [1.807, 2.05) is 43.3 Å². The van der Waals surface area contributed by atoms with Gasteiger partial charge in [-0.05, 0) is 36.8 Å². The van der Waals surface area contributed by atoms with Crippen LogP contribution in [0.3, 0.4) is 0 Å². The van der Waals surface area contributed by atoms with Crippen LogP contribution in [-0.4, -0.2) is 26.2 Å². The summed E-state index contributed by atoms with van der Waals surface area (Å²) in [7, 11) is 3.15. The first kappa shape index (κ1) is 17.8. The molecule has 0 radical (unpaired) electrons. The van der Waals surface area contributed by atoms with Crippen LogP contribution >= 0.6 is 0 Å². The summed E-state index contributed by atoms with van der Waals surface area (Å²) in [4.78, 5) is 12.4. The average Bonchev–Trinajstić information content (AvgIpc) is 2.95. The van der Waals surface area contributed by atoms with Crippen LogP contribution in [0, 0.1) is 0 Å². The van der Waals surface area contributed by atoms with Gasteiger partial charge in [0.2, 0.25) is 0 Å². The molecule has 0 fully saturated rings. The van der Waals surface area contributed by atoms with E-state index in [1.165, 1.54) is 0 Å². The Morgan fingerprint density at radius 2 is 1.81 bits per heavy atom. The van der Waals surface area contributed by atoms with Crippen LogP contribution in [0.1, 0.15) is 18.1 Å². The van der Waals surface area contributed by atoms with Crippen molar-refractivity contribution in [1.82, 2.24) is 0 Å². The van der Waals surface area contributed by atoms with Crippen molar-refractivity contribution in [3.05, 3.63) is 53.6 Å². The molecule has 1 amide bonds. The van der Waals surface area contributed by atoms with Crippen molar-refractivity contribution < 1.29 is 14.3 Å². The van der Waals surface area contributed by atoms with Crippen molar-refractivity contribution in [2.24, 2.45) is 5.73 Å². The van der Waals surface area contributed by atoms with Crippen molar-refractivity contribution in [2.45, 2.75) is 19.5 Å². The molecule has 1 heterocycles. The highest BCUT2D eigenvalue weighted by Crippen LogP contribution is 2.40. The van der Waals surface area contributed by atoms with E-state index < -0.39 is 0 Å². The van der Waals surface area contributed by atoms with E-state index in [0.717, 1.165) is 22.5 Å². The Balaban J connectivity index is 1.85. The summed E-state index contributed by atoms with van der Waals surface area (Å²) in [6.07, 6.45) is 1.91. The molecule has 0 saturated carbocycles. The number of nitrogens with two attached hydrogens (primary N) is 1. The predicted molar refractivity (Wildman–Crippen MR) is 104 cm³/mol. The number of anilines is 2. The van der Waals surface area contributed by atoms with Crippen LogP contribution in [0.25, 0.3) is 5.57 Å². The Hall–Kier alpha value is -2.99. The monoisotopic (exact) mass is 353 g/mol. The van der Waals surface area contributed by atoms with Crippen molar-refractivity contribution in [1.29, 1.82) is 0 Å². The molecule has 4 N–H and O–H groups in total. The topological polar surface area (TPSA) is 85.6 Å². The molecule has 0 aliphatic carbocycles. The molecular formula is C20H23N3O3. The molecule has 2 aromatic carbocycles. The first-order chi connectivity index (χ1) is 12.5. The quantitative estimate of drug-likeness (QED) is 0.695. The van der Waals surface area contributed by atoms with E-state index >= 15 is 0 Å². The maximum absolute atomic E-state index is 12.4. The number of nitrogens with one attached hydrogen (secondary N) is 2. The lowest BCUT2D eigenvalue weighted by Crippen LogP contribution is -2.14. The van der Waals surface area contributed by atoms with Gasteiger partial charge in [0.05, 0.1) is 19.9 Å². The maximum Gasteiger partial charge on any atom is 0.256 e. The van der Waals surface area contributed by atoms with E-state index in [1.54, 1.807) is 20.3 Å². The third-order valence-corrected chi connectivity index (χ3v) is 4.31. The van der Waals surface area contributed by atoms with E-state index in [4.69, 9.17) is 15.2 Å². The molecule has 0 saturated heterocycles. The van der Waals surface area contributed by atoms with E-state index in [0.29, 0.717) is 23.6 Å². The molecular weight excluding hydrogens is 330 g/mol. The molecule has 6 heteroatoms. The number of methoxy groups -OCH3 is 2. The predicted octanol–water partition coefficient (Wildman–Crippen LogP) is 3.00. The molecule has 2 aromatic rings. The summed E-state index contributed by atoms with van der Waals surface area (Å²) in [5, 5.41) is 6.24. The van der Waals surface area contributed by atoms with E-state index in [2.05, 4.69) is 10.6 Å². The van der Waals surface area contributed by atoms with E-state index in [9.17, 15) is 4.79 Å². The number of amides is 1. The molecule has 3 rings (SSSR count). The zero-order valence-corrected chi connectivity index (χ0v) is 15.1. The maximum atomic E-state index is 12.4. The minimum absolute atomic E-state index is 0.0430. The number of fused-ring (bicyclic) bond motifs is 1. The molecule has 1 aliphatic heterocycles. The van der Waals surface area contributed by atoms with Crippen LogP contribution in [0.4, 0.5) is 11.4 Å². The summed E-state index contributed by atoms with van der Waals surface area (Å²) in [6, 6.07) is 11.5. The normalized spacial score (nSPS) is 15.4. The highest BCUT2D eigenvalue weighted by molar-refractivity contribution is 6.31. The van der Waals surface area contributed by atoms with Gasteiger partial charge in [0.25, 0.3) is 5.91 Å². The van der Waals surface area contributed by atoms with Gasteiger partial charge in [-0.1, -0.05) is 12.1 Å². The molecule has 0 bridgehead atoms. The zero-order chi connectivity index (χ0) is 18.7. The van der Waals surface area contributed by atoms with Gasteiger partial charge in [-0.3, -0.25) is 4.79 Å². The van der Waals surface area contributed by atoms with Gasteiger partial charge in [-0.15, -0.1) is 0 Å². The highest BCUT2D eigenvalue weighted by atomic mass is 16.5. The number of hydrogen-bond acceptors (Lipinski definition) is 5.